The SMILES string of the molecule is CN(Cc1ccccc1)C[C@H]1C[C@@H]2CC[C@@]1(CO)O2. The van der Waals surface area contributed by atoms with Crippen LogP contribution in [0.5, 0.6) is 0 Å². The van der Waals surface area contributed by atoms with Crippen molar-refractivity contribution in [2.24, 2.45) is 5.92 Å². The third-order valence-electron chi connectivity index (χ3n) is 4.68. The third-order valence-corrected chi connectivity index (χ3v) is 4.68. The summed E-state index contributed by atoms with van der Waals surface area (Å²) in [6.45, 7) is 2.14. The molecule has 3 atom stereocenters. The lowest BCUT2D eigenvalue weighted by molar-refractivity contribution is -0.0536. The first-order valence-corrected chi connectivity index (χ1v) is 7.23. The molecular formula is C16H23NO2. The Morgan fingerprint density at radius 2 is 2.16 bits per heavy atom. The van der Waals surface area contributed by atoms with E-state index in [2.05, 4.69) is 36.2 Å². The van der Waals surface area contributed by atoms with Gasteiger partial charge in [-0.15, -0.1) is 0 Å². The Kier molecular flexibility index (Phi) is 3.61. The van der Waals surface area contributed by atoms with Crippen molar-refractivity contribution in [3.05, 3.63) is 35.9 Å². The maximum atomic E-state index is 9.67. The fraction of sp³-hybridized carbons (Fsp3) is 0.625. The molecule has 0 aromatic heterocycles. The Morgan fingerprint density at radius 1 is 1.37 bits per heavy atom. The summed E-state index contributed by atoms with van der Waals surface area (Å²) >= 11 is 0. The molecule has 1 aromatic carbocycles. The van der Waals surface area contributed by atoms with Crippen molar-refractivity contribution in [3.8, 4) is 0 Å². The zero-order chi connectivity index (χ0) is 13.3. The van der Waals surface area contributed by atoms with Crippen LogP contribution in [0.2, 0.25) is 0 Å². The van der Waals surface area contributed by atoms with E-state index in [4.69, 9.17) is 4.74 Å². The minimum Gasteiger partial charge on any atom is -0.393 e. The van der Waals surface area contributed by atoms with E-state index in [0.717, 1.165) is 32.4 Å². The van der Waals surface area contributed by atoms with Gasteiger partial charge in [-0.05, 0) is 31.9 Å². The molecule has 2 heterocycles. The van der Waals surface area contributed by atoms with Crippen LogP contribution in [-0.2, 0) is 11.3 Å². The second kappa shape index (κ2) is 5.23. The molecule has 2 fully saturated rings. The second-order valence-electron chi connectivity index (χ2n) is 6.12. The van der Waals surface area contributed by atoms with Gasteiger partial charge in [-0.1, -0.05) is 30.3 Å². The normalized spacial score (nSPS) is 33.2. The standard InChI is InChI=1S/C16H23NO2/c1-17(10-13-5-3-2-4-6-13)11-14-9-15-7-8-16(14,12-18)19-15/h2-6,14-15,18H,7-12H2,1H3/t14-,15+,16+/m1/s1. The van der Waals surface area contributed by atoms with Gasteiger partial charge in [0.05, 0.1) is 18.3 Å². The number of benzene rings is 1. The molecular weight excluding hydrogens is 238 g/mol. The average Bonchev–Trinajstić information content (AvgIpc) is 2.98. The third kappa shape index (κ3) is 2.55. The molecule has 2 aliphatic rings. The molecule has 1 N–H and O–H groups in total. The number of hydrogen-bond acceptors (Lipinski definition) is 3. The number of rotatable bonds is 5. The summed E-state index contributed by atoms with van der Waals surface area (Å²) in [6, 6.07) is 10.5. The molecule has 3 heteroatoms. The predicted octanol–water partition coefficient (Wildman–Crippen LogP) is 2.05. The van der Waals surface area contributed by atoms with E-state index < -0.39 is 0 Å². The number of aliphatic hydroxyl groups excluding tert-OH is 1. The van der Waals surface area contributed by atoms with E-state index in [-0.39, 0.29) is 12.2 Å². The zero-order valence-electron chi connectivity index (χ0n) is 11.6. The molecule has 19 heavy (non-hydrogen) atoms. The molecule has 0 radical (unpaired) electrons. The zero-order valence-corrected chi connectivity index (χ0v) is 11.6. The Morgan fingerprint density at radius 3 is 2.84 bits per heavy atom. The highest BCUT2D eigenvalue weighted by atomic mass is 16.5. The van der Waals surface area contributed by atoms with Gasteiger partial charge >= 0.3 is 0 Å². The van der Waals surface area contributed by atoms with Crippen molar-refractivity contribution in [2.45, 2.75) is 37.5 Å². The van der Waals surface area contributed by atoms with Gasteiger partial charge in [0.2, 0.25) is 0 Å². The maximum absolute atomic E-state index is 9.67. The van der Waals surface area contributed by atoms with Gasteiger partial charge in [0, 0.05) is 19.0 Å². The molecule has 0 saturated carbocycles. The molecule has 0 amide bonds. The lowest BCUT2D eigenvalue weighted by Gasteiger charge is -2.33. The minimum atomic E-state index is -0.240. The van der Waals surface area contributed by atoms with Gasteiger partial charge in [0.1, 0.15) is 0 Å². The van der Waals surface area contributed by atoms with Crippen molar-refractivity contribution in [2.75, 3.05) is 20.2 Å². The first-order valence-electron chi connectivity index (χ1n) is 7.23. The molecule has 2 saturated heterocycles. The van der Waals surface area contributed by atoms with Crippen molar-refractivity contribution in [3.63, 3.8) is 0 Å². The Balaban J connectivity index is 1.59. The van der Waals surface area contributed by atoms with Crippen LogP contribution in [-0.4, -0.2) is 41.9 Å². The fourth-order valence-electron chi connectivity index (χ4n) is 3.68. The quantitative estimate of drug-likeness (QED) is 0.880. The fourth-order valence-corrected chi connectivity index (χ4v) is 3.68. The van der Waals surface area contributed by atoms with Crippen LogP contribution in [0.25, 0.3) is 0 Å². The summed E-state index contributed by atoms with van der Waals surface area (Å²) in [6.07, 6.45) is 3.65. The molecule has 2 bridgehead atoms. The monoisotopic (exact) mass is 261 g/mol. The molecule has 3 nitrogen and oxygen atoms in total. The molecule has 104 valence electrons. The maximum Gasteiger partial charge on any atom is 0.0957 e. The van der Waals surface area contributed by atoms with E-state index in [0.29, 0.717) is 12.0 Å². The average molecular weight is 261 g/mol. The summed E-state index contributed by atoms with van der Waals surface area (Å²) in [5.41, 5.74) is 1.10. The summed E-state index contributed by atoms with van der Waals surface area (Å²) in [5.74, 6) is 0.477. The Hall–Kier alpha value is -0.900. The van der Waals surface area contributed by atoms with Crippen molar-refractivity contribution >= 4 is 0 Å². The summed E-state index contributed by atoms with van der Waals surface area (Å²) in [7, 11) is 2.16. The highest BCUT2D eigenvalue weighted by Crippen LogP contribution is 2.47. The molecule has 0 unspecified atom stereocenters. The first-order chi connectivity index (χ1) is 9.22. The highest BCUT2D eigenvalue weighted by molar-refractivity contribution is 5.14. The molecule has 3 rings (SSSR count). The first kappa shape index (κ1) is 13.1. The van der Waals surface area contributed by atoms with Gasteiger partial charge < -0.3 is 14.7 Å². The summed E-state index contributed by atoms with van der Waals surface area (Å²) in [5, 5.41) is 9.67. The van der Waals surface area contributed by atoms with Crippen molar-refractivity contribution < 1.29 is 9.84 Å². The van der Waals surface area contributed by atoms with E-state index in [1.54, 1.807) is 0 Å². The lowest BCUT2D eigenvalue weighted by Crippen LogP contribution is -2.43. The van der Waals surface area contributed by atoms with Crippen LogP contribution in [0.3, 0.4) is 0 Å². The van der Waals surface area contributed by atoms with Crippen molar-refractivity contribution in [1.82, 2.24) is 4.90 Å². The number of nitrogens with zero attached hydrogens (tertiary/aromatic N) is 1. The number of ether oxygens (including phenoxy) is 1. The summed E-state index contributed by atoms with van der Waals surface area (Å²) in [4.78, 5) is 2.35. The highest BCUT2D eigenvalue weighted by Gasteiger charge is 2.53. The van der Waals surface area contributed by atoms with E-state index in [1.807, 2.05) is 6.07 Å². The molecule has 0 aliphatic carbocycles. The lowest BCUT2D eigenvalue weighted by atomic mass is 9.78. The summed E-state index contributed by atoms with van der Waals surface area (Å²) < 4.78 is 6.00. The number of fused-ring (bicyclic) bond motifs is 2. The number of aliphatic hydroxyl groups is 1. The van der Waals surface area contributed by atoms with E-state index >= 15 is 0 Å². The van der Waals surface area contributed by atoms with Crippen LogP contribution in [0.15, 0.2) is 30.3 Å². The molecule has 1 aromatic rings. The van der Waals surface area contributed by atoms with Gasteiger partial charge in [-0.25, -0.2) is 0 Å². The minimum absolute atomic E-state index is 0.174. The van der Waals surface area contributed by atoms with Crippen molar-refractivity contribution in [1.29, 1.82) is 0 Å². The van der Waals surface area contributed by atoms with Crippen LogP contribution in [0.4, 0.5) is 0 Å². The van der Waals surface area contributed by atoms with Crippen LogP contribution in [0, 0.1) is 5.92 Å². The van der Waals surface area contributed by atoms with E-state index in [1.165, 1.54) is 5.56 Å². The smallest absolute Gasteiger partial charge is 0.0957 e. The van der Waals surface area contributed by atoms with E-state index in [9.17, 15) is 5.11 Å². The molecule has 0 spiro atoms. The van der Waals surface area contributed by atoms with Gasteiger partial charge in [0.15, 0.2) is 0 Å². The topological polar surface area (TPSA) is 32.7 Å². The molecule has 2 aliphatic heterocycles. The van der Waals surface area contributed by atoms with Crippen LogP contribution in [0.1, 0.15) is 24.8 Å². The Labute approximate surface area is 115 Å². The van der Waals surface area contributed by atoms with Crippen LogP contribution < -0.4 is 0 Å². The van der Waals surface area contributed by atoms with Crippen LogP contribution >= 0.6 is 0 Å². The van der Waals surface area contributed by atoms with Gasteiger partial charge in [-0.3, -0.25) is 0 Å². The van der Waals surface area contributed by atoms with Gasteiger partial charge in [-0.2, -0.15) is 0 Å². The Bertz CT molecular complexity index is 422. The largest absolute Gasteiger partial charge is 0.393 e. The van der Waals surface area contributed by atoms with Gasteiger partial charge in [0.25, 0.3) is 0 Å². The second-order valence-corrected chi connectivity index (χ2v) is 6.12. The number of hydrogen-bond donors (Lipinski definition) is 1. The predicted molar refractivity (Wildman–Crippen MR) is 74.8 cm³/mol.